The molecule has 3 aromatic rings. The molecule has 0 spiro atoms. The van der Waals surface area contributed by atoms with Crippen molar-refractivity contribution in [1.29, 1.82) is 0 Å². The maximum absolute atomic E-state index is 13.7. The van der Waals surface area contributed by atoms with E-state index in [9.17, 15) is 28.7 Å². The number of anilines is 2. The molecule has 0 bridgehead atoms. The molecule has 1 aliphatic rings. The van der Waals surface area contributed by atoms with Crippen molar-refractivity contribution in [2.75, 3.05) is 10.2 Å². The highest BCUT2D eigenvalue weighted by Gasteiger charge is 2.35. The van der Waals surface area contributed by atoms with Crippen LogP contribution in [0.4, 0.5) is 15.8 Å². The lowest BCUT2D eigenvalue weighted by atomic mass is 10.0. The monoisotopic (exact) mass is 523 g/mol. The van der Waals surface area contributed by atoms with E-state index >= 15 is 0 Å². The summed E-state index contributed by atoms with van der Waals surface area (Å²) in [7, 11) is 0. The highest BCUT2D eigenvalue weighted by molar-refractivity contribution is 7.12. The molecule has 0 radical (unpaired) electrons. The third-order valence-electron chi connectivity index (χ3n) is 6.00. The van der Waals surface area contributed by atoms with E-state index in [0.717, 1.165) is 0 Å². The topological polar surface area (TPSA) is 116 Å². The molecule has 0 fully saturated rings. The Balaban J connectivity index is 1.75. The normalized spacial score (nSPS) is 15.9. The lowest BCUT2D eigenvalue weighted by Crippen LogP contribution is -2.41. The van der Waals surface area contributed by atoms with Gasteiger partial charge in [0, 0.05) is 5.56 Å². The number of hydrogen-bond acceptors (Lipinski definition) is 5. The zero-order valence-electron chi connectivity index (χ0n) is 20.2. The molecule has 2 aromatic carbocycles. The summed E-state index contributed by atoms with van der Waals surface area (Å²) in [5, 5.41) is 16.5. The van der Waals surface area contributed by atoms with E-state index in [1.807, 2.05) is 13.8 Å². The number of rotatable bonds is 7. The Morgan fingerprint density at radius 3 is 2.51 bits per heavy atom. The Hall–Kier alpha value is -4.05. The van der Waals surface area contributed by atoms with Crippen molar-refractivity contribution >= 4 is 46.4 Å². The molecule has 37 heavy (non-hydrogen) atoms. The first-order valence-electron chi connectivity index (χ1n) is 11.7. The van der Waals surface area contributed by atoms with Crippen molar-refractivity contribution in [2.24, 2.45) is 5.92 Å². The van der Waals surface area contributed by atoms with Crippen molar-refractivity contribution in [2.45, 2.75) is 38.8 Å². The van der Waals surface area contributed by atoms with Gasteiger partial charge in [-0.2, -0.15) is 0 Å². The molecule has 1 aromatic heterocycles. The number of carbonyl (C=O) groups is 4. The van der Waals surface area contributed by atoms with E-state index in [1.165, 1.54) is 52.6 Å². The summed E-state index contributed by atoms with van der Waals surface area (Å²) < 4.78 is 13.6. The second kappa shape index (κ2) is 10.9. The number of carboxylic acid groups (broad SMARTS) is 1. The van der Waals surface area contributed by atoms with Gasteiger partial charge in [0.1, 0.15) is 11.9 Å². The van der Waals surface area contributed by atoms with E-state index in [0.29, 0.717) is 16.1 Å². The van der Waals surface area contributed by atoms with E-state index < -0.39 is 35.7 Å². The summed E-state index contributed by atoms with van der Waals surface area (Å²) in [6.45, 7) is 3.72. The van der Waals surface area contributed by atoms with Crippen molar-refractivity contribution in [1.82, 2.24) is 5.32 Å². The fourth-order valence-electron chi connectivity index (χ4n) is 4.28. The molecule has 2 atom stereocenters. The van der Waals surface area contributed by atoms with Crippen LogP contribution in [0.3, 0.4) is 0 Å². The number of carboxylic acids is 1. The standard InChI is InChI=1S/C27H26FN3O5S/c1-15(2)12-20(27(35)36)30-25(33)17-7-10-21-19(13-17)29-24(32)14-22(16-5-8-18(28)9-6-16)31(21)26(34)23-4-3-11-37-23/h3-11,13,15,20,22H,12,14H2,1-2H3,(H,29,32)(H,30,33)(H,35,36). The SMILES string of the molecule is CC(C)CC(NC(=O)c1ccc2c(c1)NC(=O)CC(c1ccc(F)cc1)N2C(=O)c1cccs1)C(=O)O. The van der Waals surface area contributed by atoms with Gasteiger partial charge in [-0.1, -0.05) is 32.0 Å². The first-order chi connectivity index (χ1) is 17.6. The van der Waals surface area contributed by atoms with Gasteiger partial charge < -0.3 is 15.7 Å². The predicted molar refractivity (Wildman–Crippen MR) is 138 cm³/mol. The van der Waals surface area contributed by atoms with Gasteiger partial charge >= 0.3 is 5.97 Å². The van der Waals surface area contributed by atoms with Crippen molar-refractivity contribution in [3.05, 3.63) is 81.8 Å². The Kier molecular flexibility index (Phi) is 7.68. The molecule has 3 amide bonds. The van der Waals surface area contributed by atoms with Gasteiger partial charge in [-0.25, -0.2) is 9.18 Å². The van der Waals surface area contributed by atoms with Crippen LogP contribution in [0.2, 0.25) is 0 Å². The quantitative estimate of drug-likeness (QED) is 0.410. The smallest absolute Gasteiger partial charge is 0.326 e. The summed E-state index contributed by atoms with van der Waals surface area (Å²) >= 11 is 1.25. The maximum atomic E-state index is 13.7. The second-order valence-corrected chi connectivity index (χ2v) is 10.1. The summed E-state index contributed by atoms with van der Waals surface area (Å²) in [6, 6.07) is 11.7. The number of fused-ring (bicyclic) bond motifs is 1. The molecule has 10 heteroatoms. The number of thiophene rings is 1. The molecule has 0 saturated carbocycles. The summed E-state index contributed by atoms with van der Waals surface area (Å²) in [4.78, 5) is 53.0. The van der Waals surface area contributed by atoms with Crippen molar-refractivity contribution < 1.29 is 28.7 Å². The lowest BCUT2D eigenvalue weighted by molar-refractivity contribution is -0.139. The largest absolute Gasteiger partial charge is 0.480 e. The Morgan fingerprint density at radius 1 is 1.16 bits per heavy atom. The molecular formula is C27H26FN3O5S. The minimum Gasteiger partial charge on any atom is -0.480 e. The van der Waals surface area contributed by atoms with Crippen LogP contribution in [-0.4, -0.2) is 34.8 Å². The summed E-state index contributed by atoms with van der Waals surface area (Å²) in [6.07, 6.45) is 0.166. The maximum Gasteiger partial charge on any atom is 0.326 e. The Morgan fingerprint density at radius 2 is 1.89 bits per heavy atom. The molecule has 0 saturated heterocycles. The molecule has 0 aliphatic carbocycles. The van der Waals surface area contributed by atoms with Crippen LogP contribution >= 0.6 is 11.3 Å². The number of halogens is 1. The van der Waals surface area contributed by atoms with Gasteiger partial charge in [-0.05, 0) is 59.7 Å². The van der Waals surface area contributed by atoms with Gasteiger partial charge in [0.05, 0.1) is 28.7 Å². The number of hydrogen-bond donors (Lipinski definition) is 3. The number of aliphatic carboxylic acids is 1. The Bertz CT molecular complexity index is 1320. The van der Waals surface area contributed by atoms with Gasteiger partial charge in [0.15, 0.2) is 0 Å². The lowest BCUT2D eigenvalue weighted by Gasteiger charge is -2.30. The third-order valence-corrected chi connectivity index (χ3v) is 6.86. The minimum absolute atomic E-state index is 0.0490. The molecule has 2 heterocycles. The highest BCUT2D eigenvalue weighted by atomic mass is 32.1. The molecule has 2 unspecified atom stereocenters. The molecule has 1 aliphatic heterocycles. The first-order valence-corrected chi connectivity index (χ1v) is 12.6. The zero-order valence-corrected chi connectivity index (χ0v) is 21.0. The number of carbonyl (C=O) groups excluding carboxylic acids is 3. The molecule has 192 valence electrons. The fraction of sp³-hybridized carbons (Fsp3) is 0.259. The molecule has 3 N–H and O–H groups in total. The second-order valence-electron chi connectivity index (χ2n) is 9.20. The fourth-order valence-corrected chi connectivity index (χ4v) is 4.94. The summed E-state index contributed by atoms with van der Waals surface area (Å²) in [5.74, 6) is -2.88. The zero-order chi connectivity index (χ0) is 26.7. The van der Waals surface area contributed by atoms with Crippen LogP contribution in [0.25, 0.3) is 0 Å². The van der Waals surface area contributed by atoms with E-state index in [1.54, 1.807) is 23.6 Å². The van der Waals surface area contributed by atoms with Crippen LogP contribution in [0, 0.1) is 11.7 Å². The predicted octanol–water partition coefficient (Wildman–Crippen LogP) is 4.85. The highest BCUT2D eigenvalue weighted by Crippen LogP contribution is 2.40. The van der Waals surface area contributed by atoms with E-state index in [-0.39, 0.29) is 35.9 Å². The van der Waals surface area contributed by atoms with Crippen molar-refractivity contribution in [3.63, 3.8) is 0 Å². The van der Waals surface area contributed by atoms with Crippen LogP contribution in [0.5, 0.6) is 0 Å². The van der Waals surface area contributed by atoms with Gasteiger partial charge in [-0.15, -0.1) is 11.3 Å². The van der Waals surface area contributed by atoms with E-state index in [2.05, 4.69) is 10.6 Å². The number of benzene rings is 2. The van der Waals surface area contributed by atoms with E-state index in [4.69, 9.17) is 0 Å². The minimum atomic E-state index is -1.14. The van der Waals surface area contributed by atoms with Gasteiger partial charge in [0.2, 0.25) is 5.91 Å². The van der Waals surface area contributed by atoms with Gasteiger partial charge in [0.25, 0.3) is 11.8 Å². The number of nitrogens with one attached hydrogen (secondary N) is 2. The summed E-state index contributed by atoms with van der Waals surface area (Å²) in [5.41, 5.74) is 1.32. The third kappa shape index (κ3) is 5.86. The average molecular weight is 524 g/mol. The Labute approximate surface area is 217 Å². The van der Waals surface area contributed by atoms with Crippen LogP contribution in [0.1, 0.15) is 58.3 Å². The van der Waals surface area contributed by atoms with Crippen LogP contribution < -0.4 is 15.5 Å². The number of nitrogens with zero attached hydrogens (tertiary/aromatic N) is 1. The van der Waals surface area contributed by atoms with Crippen LogP contribution in [0.15, 0.2) is 60.0 Å². The van der Waals surface area contributed by atoms with Crippen molar-refractivity contribution in [3.8, 4) is 0 Å². The first kappa shape index (κ1) is 26.0. The van der Waals surface area contributed by atoms with Crippen LogP contribution in [-0.2, 0) is 9.59 Å². The molecule has 4 rings (SSSR count). The number of amides is 3. The average Bonchev–Trinajstić information content (AvgIpc) is 3.34. The molecule has 8 nitrogen and oxygen atoms in total. The molecular weight excluding hydrogens is 497 g/mol. The van der Waals surface area contributed by atoms with Gasteiger partial charge in [-0.3, -0.25) is 19.3 Å².